The lowest BCUT2D eigenvalue weighted by Gasteiger charge is -2.32. The van der Waals surface area contributed by atoms with E-state index >= 15 is 0 Å². The first-order valence-corrected chi connectivity index (χ1v) is 19.2. The molecule has 0 aromatic heterocycles. The first kappa shape index (κ1) is 35.5. The molecular formula is C44H51B3O6. The molecule has 0 N–H and O–H groups in total. The minimum Gasteiger partial charge on any atom is -0.399 e. The van der Waals surface area contributed by atoms with Crippen LogP contribution in [-0.2, 0) is 33.3 Å². The minimum atomic E-state index is -0.652. The van der Waals surface area contributed by atoms with Crippen LogP contribution in [0.1, 0.15) is 111 Å². The van der Waals surface area contributed by atoms with E-state index in [-0.39, 0.29) is 0 Å². The summed E-state index contributed by atoms with van der Waals surface area (Å²) >= 11 is 0. The van der Waals surface area contributed by atoms with Crippen LogP contribution in [0.25, 0.3) is 22.3 Å². The summed E-state index contributed by atoms with van der Waals surface area (Å²) in [6.07, 6.45) is 0. The molecule has 53 heavy (non-hydrogen) atoms. The van der Waals surface area contributed by atoms with Crippen molar-refractivity contribution in [1.82, 2.24) is 0 Å². The molecule has 3 aliphatic heterocycles. The predicted molar refractivity (Wildman–Crippen MR) is 215 cm³/mol. The third-order valence-corrected chi connectivity index (χ3v) is 14.1. The Morgan fingerprint density at radius 3 is 0.868 bits per heavy atom. The molecule has 6 nitrogen and oxygen atoms in total. The van der Waals surface area contributed by atoms with Crippen molar-refractivity contribution in [3.05, 3.63) is 101 Å². The van der Waals surface area contributed by atoms with Crippen LogP contribution in [0.15, 0.2) is 72.8 Å². The highest BCUT2D eigenvalue weighted by Gasteiger charge is 2.58. The van der Waals surface area contributed by atoms with Gasteiger partial charge < -0.3 is 27.9 Å². The SMILES string of the molecule is Cc1ccc2c(c1)C1(c3cc(B4OC(C)(C)C(C)(C)O4)ccc3-2)c2cc(B3OC(C)(C)C(C)(C)O3)ccc2-c2ccc(B3OC(C)(C)C(C)(C)O3)cc21. The molecule has 3 fully saturated rings. The number of rotatable bonds is 3. The summed E-state index contributed by atoms with van der Waals surface area (Å²) in [5, 5.41) is 0. The van der Waals surface area contributed by atoms with Gasteiger partial charge in [-0.2, -0.15) is 0 Å². The average molecular weight is 708 g/mol. The fraction of sp³-hybridized carbons (Fsp3) is 0.455. The second-order valence-corrected chi connectivity index (χ2v) is 19.0. The normalized spacial score (nSPS) is 24.1. The summed E-state index contributed by atoms with van der Waals surface area (Å²) < 4.78 is 40.0. The van der Waals surface area contributed by atoms with Crippen LogP contribution in [0.3, 0.4) is 0 Å². The van der Waals surface area contributed by atoms with Gasteiger partial charge in [0.15, 0.2) is 0 Å². The molecule has 0 saturated carbocycles. The van der Waals surface area contributed by atoms with E-state index < -0.39 is 60.4 Å². The molecule has 1 spiro atoms. The molecule has 3 heterocycles. The summed E-state index contributed by atoms with van der Waals surface area (Å²) in [6, 6.07) is 27.3. The molecule has 0 radical (unpaired) electrons. The standard InChI is InChI=1S/C44H51B3O6/c1-26-14-18-30-31-19-15-27(45-48-38(2,3)39(4,5)49-45)23-35(31)44(34(30)22-26)36-24-28(46-50-40(6,7)41(8,9)51-46)16-20-32(36)33-21-17-29(25-37(33)44)47-52-42(10,11)43(12,13)53-47/h14-25H,1-13H3. The van der Waals surface area contributed by atoms with Gasteiger partial charge in [-0.15, -0.1) is 0 Å². The van der Waals surface area contributed by atoms with Crippen molar-refractivity contribution in [1.29, 1.82) is 0 Å². The summed E-state index contributed by atoms with van der Waals surface area (Å²) in [4.78, 5) is 0. The van der Waals surface area contributed by atoms with E-state index in [0.29, 0.717) is 0 Å². The zero-order valence-electron chi connectivity index (χ0n) is 33.6. The quantitative estimate of drug-likeness (QED) is 0.181. The van der Waals surface area contributed by atoms with E-state index in [1.807, 2.05) is 0 Å². The molecule has 9 heteroatoms. The molecule has 9 rings (SSSR count). The van der Waals surface area contributed by atoms with E-state index in [4.69, 9.17) is 27.9 Å². The van der Waals surface area contributed by atoms with Crippen molar-refractivity contribution in [3.8, 4) is 22.3 Å². The van der Waals surface area contributed by atoms with Gasteiger partial charge in [-0.05, 0) is 151 Å². The lowest BCUT2D eigenvalue weighted by atomic mass is 9.65. The van der Waals surface area contributed by atoms with Gasteiger partial charge in [0.1, 0.15) is 0 Å². The highest BCUT2D eigenvalue weighted by Crippen LogP contribution is 2.62. The summed E-state index contributed by atoms with van der Waals surface area (Å²) in [5.41, 5.74) is 10.5. The average Bonchev–Trinajstić information content (AvgIpc) is 3.73. The third kappa shape index (κ3) is 4.77. The van der Waals surface area contributed by atoms with Crippen molar-refractivity contribution in [2.75, 3.05) is 0 Å². The minimum absolute atomic E-state index is 0.462. The lowest BCUT2D eigenvalue weighted by Crippen LogP contribution is -2.41. The molecule has 4 aromatic carbocycles. The van der Waals surface area contributed by atoms with Crippen molar-refractivity contribution in [3.63, 3.8) is 0 Å². The number of aryl methyl sites for hydroxylation is 1. The molecule has 0 amide bonds. The Morgan fingerprint density at radius 2 is 0.585 bits per heavy atom. The number of benzene rings is 4. The van der Waals surface area contributed by atoms with Crippen LogP contribution in [0.2, 0.25) is 0 Å². The van der Waals surface area contributed by atoms with Gasteiger partial charge in [-0.25, -0.2) is 0 Å². The topological polar surface area (TPSA) is 55.4 Å². The lowest BCUT2D eigenvalue weighted by molar-refractivity contribution is 0.00578. The molecule has 0 atom stereocenters. The largest absolute Gasteiger partial charge is 0.494 e. The molecule has 272 valence electrons. The van der Waals surface area contributed by atoms with E-state index in [1.165, 1.54) is 50.1 Å². The number of hydrogen-bond donors (Lipinski definition) is 0. The molecular weight excluding hydrogens is 657 g/mol. The van der Waals surface area contributed by atoms with Crippen molar-refractivity contribution >= 4 is 37.7 Å². The number of fused-ring (bicyclic) bond motifs is 10. The van der Waals surface area contributed by atoms with E-state index in [2.05, 4.69) is 163 Å². The Bertz CT molecular complexity index is 2020. The van der Waals surface area contributed by atoms with Crippen molar-refractivity contribution < 1.29 is 27.9 Å². The fourth-order valence-corrected chi connectivity index (χ4v) is 8.77. The van der Waals surface area contributed by atoms with Crippen LogP contribution < -0.4 is 16.4 Å². The first-order valence-electron chi connectivity index (χ1n) is 19.2. The molecule has 0 unspecified atom stereocenters. The van der Waals surface area contributed by atoms with Crippen LogP contribution >= 0.6 is 0 Å². The van der Waals surface area contributed by atoms with Gasteiger partial charge in [-0.1, -0.05) is 78.4 Å². The van der Waals surface area contributed by atoms with E-state index in [1.54, 1.807) is 0 Å². The van der Waals surface area contributed by atoms with Gasteiger partial charge in [-0.3, -0.25) is 0 Å². The Hall–Kier alpha value is -3.17. The fourth-order valence-electron chi connectivity index (χ4n) is 8.77. The molecule has 2 aliphatic carbocycles. The third-order valence-electron chi connectivity index (χ3n) is 14.1. The van der Waals surface area contributed by atoms with Crippen LogP contribution in [0.5, 0.6) is 0 Å². The van der Waals surface area contributed by atoms with E-state index in [9.17, 15) is 0 Å². The van der Waals surface area contributed by atoms with Crippen molar-refractivity contribution in [2.45, 2.75) is 129 Å². The van der Waals surface area contributed by atoms with Gasteiger partial charge in [0.25, 0.3) is 0 Å². The summed E-state index contributed by atoms with van der Waals surface area (Å²) in [6.45, 7) is 27.5. The van der Waals surface area contributed by atoms with Crippen molar-refractivity contribution in [2.24, 2.45) is 0 Å². The van der Waals surface area contributed by atoms with Gasteiger partial charge in [0.2, 0.25) is 0 Å². The Kier molecular flexibility index (Phi) is 7.22. The van der Waals surface area contributed by atoms with E-state index in [0.717, 1.165) is 16.4 Å². The first-order chi connectivity index (χ1) is 24.6. The van der Waals surface area contributed by atoms with Crippen LogP contribution in [0.4, 0.5) is 0 Å². The van der Waals surface area contributed by atoms with Crippen LogP contribution in [-0.4, -0.2) is 55.0 Å². The van der Waals surface area contributed by atoms with Gasteiger partial charge >= 0.3 is 21.4 Å². The second-order valence-electron chi connectivity index (χ2n) is 19.0. The molecule has 0 bridgehead atoms. The predicted octanol–water partition coefficient (Wildman–Crippen LogP) is 7.24. The van der Waals surface area contributed by atoms with Crippen LogP contribution in [0, 0.1) is 6.92 Å². The summed E-state index contributed by atoms with van der Waals surface area (Å²) in [5.74, 6) is 0. The summed E-state index contributed by atoms with van der Waals surface area (Å²) in [7, 11) is -1.50. The molecule has 3 saturated heterocycles. The molecule has 5 aliphatic rings. The zero-order chi connectivity index (χ0) is 37.9. The highest BCUT2D eigenvalue weighted by atomic mass is 16.7. The smallest absolute Gasteiger partial charge is 0.399 e. The van der Waals surface area contributed by atoms with Gasteiger partial charge in [0, 0.05) is 0 Å². The zero-order valence-corrected chi connectivity index (χ0v) is 33.6. The molecule has 4 aromatic rings. The Labute approximate surface area is 316 Å². The maximum Gasteiger partial charge on any atom is 0.494 e. The van der Waals surface area contributed by atoms with Gasteiger partial charge in [0.05, 0.1) is 39.0 Å². The Morgan fingerprint density at radius 1 is 0.340 bits per heavy atom. The highest BCUT2D eigenvalue weighted by molar-refractivity contribution is 6.63. The maximum absolute atomic E-state index is 6.66. The monoisotopic (exact) mass is 708 g/mol. The second kappa shape index (κ2) is 10.8. The number of hydrogen-bond acceptors (Lipinski definition) is 6. The Balaban J connectivity index is 1.30. The maximum atomic E-state index is 6.66.